The van der Waals surface area contributed by atoms with Crippen molar-refractivity contribution in [2.45, 2.75) is 39.3 Å². The Morgan fingerprint density at radius 3 is 2.50 bits per heavy atom. The van der Waals surface area contributed by atoms with Gasteiger partial charge in [-0.15, -0.1) is 0 Å². The Balaban J connectivity index is 1.47. The van der Waals surface area contributed by atoms with Gasteiger partial charge in [-0.05, 0) is 63.1 Å². The lowest BCUT2D eigenvalue weighted by Crippen LogP contribution is -2.30. The molecule has 4 rings (SSSR count). The van der Waals surface area contributed by atoms with Crippen LogP contribution < -0.4 is 14.2 Å². The van der Waals surface area contributed by atoms with E-state index in [1.54, 1.807) is 14.2 Å². The normalized spacial score (nSPS) is 15.6. The molecule has 7 heteroatoms. The van der Waals surface area contributed by atoms with E-state index in [0.29, 0.717) is 24.5 Å². The SMILES string of the molecule is COc1ccc([C@@H]2CCCN2C(=O)c2ccc(OCc3c(C)noc3C)cc2)c(OC)c1. The molecule has 7 nitrogen and oxygen atoms in total. The van der Waals surface area contributed by atoms with Crippen molar-refractivity contribution in [2.24, 2.45) is 0 Å². The van der Waals surface area contributed by atoms with E-state index in [2.05, 4.69) is 5.16 Å². The van der Waals surface area contributed by atoms with Crippen molar-refractivity contribution < 1.29 is 23.5 Å². The van der Waals surface area contributed by atoms with Gasteiger partial charge in [0.1, 0.15) is 29.6 Å². The number of aromatic nitrogens is 1. The van der Waals surface area contributed by atoms with Gasteiger partial charge < -0.3 is 23.6 Å². The molecule has 1 aromatic heterocycles. The molecule has 0 radical (unpaired) electrons. The zero-order valence-corrected chi connectivity index (χ0v) is 18.9. The Morgan fingerprint density at radius 2 is 1.84 bits per heavy atom. The first kappa shape index (κ1) is 21.7. The third-order valence-corrected chi connectivity index (χ3v) is 5.98. The summed E-state index contributed by atoms with van der Waals surface area (Å²) in [6.07, 6.45) is 1.84. The zero-order chi connectivity index (χ0) is 22.7. The largest absolute Gasteiger partial charge is 0.497 e. The molecule has 1 aliphatic rings. The van der Waals surface area contributed by atoms with Gasteiger partial charge in [0, 0.05) is 23.7 Å². The van der Waals surface area contributed by atoms with Gasteiger partial charge in [0.2, 0.25) is 0 Å². The van der Waals surface area contributed by atoms with E-state index in [9.17, 15) is 4.79 Å². The predicted molar refractivity (Wildman–Crippen MR) is 119 cm³/mol. The van der Waals surface area contributed by atoms with E-state index in [0.717, 1.165) is 46.9 Å². The molecule has 168 valence electrons. The predicted octanol–water partition coefficient (Wildman–Crippen LogP) is 4.86. The number of hydrogen-bond acceptors (Lipinski definition) is 6. The van der Waals surface area contributed by atoms with Gasteiger partial charge in [-0.25, -0.2) is 0 Å². The molecular formula is C25H28N2O5. The molecule has 0 bridgehead atoms. The van der Waals surface area contributed by atoms with Crippen LogP contribution in [0.2, 0.25) is 0 Å². The second-order valence-corrected chi connectivity index (χ2v) is 7.88. The summed E-state index contributed by atoms with van der Waals surface area (Å²) in [5.74, 6) is 2.91. The molecule has 2 aromatic carbocycles. The fourth-order valence-electron chi connectivity index (χ4n) is 4.15. The summed E-state index contributed by atoms with van der Waals surface area (Å²) < 4.78 is 21.9. The first-order valence-corrected chi connectivity index (χ1v) is 10.7. The minimum absolute atomic E-state index is 0.00245. The smallest absolute Gasteiger partial charge is 0.254 e. The second kappa shape index (κ2) is 9.34. The van der Waals surface area contributed by atoms with E-state index in [4.69, 9.17) is 18.7 Å². The van der Waals surface area contributed by atoms with E-state index in [1.807, 2.05) is 61.2 Å². The van der Waals surface area contributed by atoms with Crippen LogP contribution in [0.25, 0.3) is 0 Å². The standard InChI is InChI=1S/C25H28N2O5/c1-16-22(17(2)32-26-16)15-31-19-9-7-18(8-10-19)25(28)27-13-5-6-23(27)21-12-11-20(29-3)14-24(21)30-4/h7-12,14,23H,5-6,13,15H2,1-4H3/t23-/m0/s1. The van der Waals surface area contributed by atoms with E-state index < -0.39 is 0 Å². The fourth-order valence-corrected chi connectivity index (χ4v) is 4.15. The summed E-state index contributed by atoms with van der Waals surface area (Å²) in [7, 11) is 3.27. The van der Waals surface area contributed by atoms with Crippen LogP contribution in [0.1, 0.15) is 51.8 Å². The summed E-state index contributed by atoms with van der Waals surface area (Å²) in [5, 5.41) is 3.94. The Morgan fingerprint density at radius 1 is 1.09 bits per heavy atom. The van der Waals surface area contributed by atoms with E-state index in [1.165, 1.54) is 0 Å². The Bertz CT molecular complexity index is 1070. The first-order chi connectivity index (χ1) is 15.5. The van der Waals surface area contributed by atoms with Gasteiger partial charge in [-0.1, -0.05) is 5.16 Å². The topological polar surface area (TPSA) is 74.0 Å². The lowest BCUT2D eigenvalue weighted by molar-refractivity contribution is 0.0734. The number of ether oxygens (including phenoxy) is 3. The summed E-state index contributed by atoms with van der Waals surface area (Å²) in [6.45, 7) is 4.84. The molecule has 1 amide bonds. The fraction of sp³-hybridized carbons (Fsp3) is 0.360. The molecule has 1 aliphatic heterocycles. The Labute approximate surface area is 187 Å². The molecule has 32 heavy (non-hydrogen) atoms. The van der Waals surface area contributed by atoms with E-state index in [-0.39, 0.29) is 11.9 Å². The number of rotatable bonds is 7. The van der Waals surface area contributed by atoms with Gasteiger partial charge in [0.05, 0.1) is 31.5 Å². The van der Waals surface area contributed by atoms with Crippen molar-refractivity contribution >= 4 is 5.91 Å². The van der Waals surface area contributed by atoms with Gasteiger partial charge in [-0.2, -0.15) is 0 Å². The van der Waals surface area contributed by atoms with Gasteiger partial charge in [0.15, 0.2) is 0 Å². The minimum atomic E-state index is -0.0289. The highest BCUT2D eigenvalue weighted by molar-refractivity contribution is 5.94. The van der Waals surface area contributed by atoms with E-state index >= 15 is 0 Å². The van der Waals surface area contributed by atoms with Crippen LogP contribution in [0.15, 0.2) is 47.0 Å². The van der Waals surface area contributed by atoms with Gasteiger partial charge in [0.25, 0.3) is 5.91 Å². The van der Waals surface area contributed by atoms with Gasteiger partial charge >= 0.3 is 0 Å². The highest BCUT2D eigenvalue weighted by Crippen LogP contribution is 2.39. The van der Waals surface area contributed by atoms with Crippen LogP contribution in [0.3, 0.4) is 0 Å². The number of carbonyl (C=O) groups excluding carboxylic acids is 1. The third-order valence-electron chi connectivity index (χ3n) is 5.98. The summed E-state index contributed by atoms with van der Waals surface area (Å²) in [6, 6.07) is 13.0. The maximum atomic E-state index is 13.3. The van der Waals surface area contributed by atoms with Crippen molar-refractivity contribution in [1.82, 2.24) is 10.1 Å². The van der Waals surface area contributed by atoms with Crippen molar-refractivity contribution in [1.29, 1.82) is 0 Å². The number of carbonyl (C=O) groups is 1. The molecule has 1 saturated heterocycles. The lowest BCUT2D eigenvalue weighted by Gasteiger charge is -2.26. The number of nitrogens with zero attached hydrogens (tertiary/aromatic N) is 2. The van der Waals surface area contributed by atoms with Crippen LogP contribution in [-0.4, -0.2) is 36.7 Å². The van der Waals surface area contributed by atoms with Crippen LogP contribution in [0.5, 0.6) is 17.2 Å². The number of benzene rings is 2. The minimum Gasteiger partial charge on any atom is -0.497 e. The number of amides is 1. The van der Waals surface area contributed by atoms with Crippen molar-refractivity contribution in [2.75, 3.05) is 20.8 Å². The molecule has 1 fully saturated rings. The van der Waals surface area contributed by atoms with Crippen LogP contribution in [0.4, 0.5) is 0 Å². The molecule has 2 heterocycles. The zero-order valence-electron chi connectivity index (χ0n) is 18.9. The highest BCUT2D eigenvalue weighted by atomic mass is 16.5. The van der Waals surface area contributed by atoms with Crippen molar-refractivity contribution in [3.8, 4) is 17.2 Å². The monoisotopic (exact) mass is 436 g/mol. The first-order valence-electron chi connectivity index (χ1n) is 10.7. The molecule has 3 aromatic rings. The van der Waals surface area contributed by atoms with Crippen LogP contribution >= 0.6 is 0 Å². The molecule has 0 saturated carbocycles. The quantitative estimate of drug-likeness (QED) is 0.526. The number of aryl methyl sites for hydroxylation is 2. The summed E-state index contributed by atoms with van der Waals surface area (Å²) in [5.41, 5.74) is 3.40. The van der Waals surface area contributed by atoms with Crippen LogP contribution in [0, 0.1) is 13.8 Å². The lowest BCUT2D eigenvalue weighted by atomic mass is 10.0. The highest BCUT2D eigenvalue weighted by Gasteiger charge is 2.32. The number of methoxy groups -OCH3 is 2. The second-order valence-electron chi connectivity index (χ2n) is 7.88. The average molecular weight is 437 g/mol. The Hall–Kier alpha value is -3.48. The molecule has 0 N–H and O–H groups in total. The summed E-state index contributed by atoms with van der Waals surface area (Å²) >= 11 is 0. The molecule has 0 aliphatic carbocycles. The van der Waals surface area contributed by atoms with Crippen molar-refractivity contribution in [3.63, 3.8) is 0 Å². The van der Waals surface area contributed by atoms with Gasteiger partial charge in [-0.3, -0.25) is 4.79 Å². The van der Waals surface area contributed by atoms with Crippen molar-refractivity contribution in [3.05, 3.63) is 70.6 Å². The molecule has 0 unspecified atom stereocenters. The molecule has 0 spiro atoms. The summed E-state index contributed by atoms with van der Waals surface area (Å²) in [4.78, 5) is 15.2. The maximum absolute atomic E-state index is 13.3. The van der Waals surface area contributed by atoms with Crippen LogP contribution in [-0.2, 0) is 6.61 Å². The third kappa shape index (κ3) is 4.28. The maximum Gasteiger partial charge on any atom is 0.254 e. The number of hydrogen-bond donors (Lipinski definition) is 0. The molecule has 1 atom stereocenters. The average Bonchev–Trinajstić information content (AvgIpc) is 3.43. The number of likely N-dealkylation sites (tertiary alicyclic amines) is 1. The molecular weight excluding hydrogens is 408 g/mol. The Kier molecular flexibility index (Phi) is 6.35.